The molecule has 27 heavy (non-hydrogen) atoms. The zero-order chi connectivity index (χ0) is 19.6. The number of amides is 1. The SMILES string of the molecule is C[C@@H](C(=O)Nc1ccc(C(F)(F)F)cc1)[NH+](C)Cc1nc2ccccc2s1. The van der Waals surface area contributed by atoms with Crippen LogP contribution in [0.25, 0.3) is 10.2 Å². The van der Waals surface area contributed by atoms with Gasteiger partial charge in [0.1, 0.15) is 11.6 Å². The number of hydrogen-bond acceptors (Lipinski definition) is 3. The van der Waals surface area contributed by atoms with E-state index in [1.807, 2.05) is 31.3 Å². The summed E-state index contributed by atoms with van der Waals surface area (Å²) in [7, 11) is 1.89. The molecule has 0 fully saturated rings. The number of fused-ring (bicyclic) bond motifs is 1. The van der Waals surface area contributed by atoms with Crippen LogP contribution in [-0.2, 0) is 17.5 Å². The Hall–Kier alpha value is -2.45. The second kappa shape index (κ2) is 7.66. The number of alkyl halides is 3. The molecule has 2 atom stereocenters. The molecular formula is C19H19F3N3OS+. The van der Waals surface area contributed by atoms with Crippen LogP contribution in [0.1, 0.15) is 17.5 Å². The number of carbonyl (C=O) groups is 1. The molecule has 1 heterocycles. The molecule has 1 amide bonds. The van der Waals surface area contributed by atoms with E-state index < -0.39 is 11.7 Å². The van der Waals surface area contributed by atoms with Gasteiger partial charge in [-0.05, 0) is 43.3 Å². The number of rotatable bonds is 5. The van der Waals surface area contributed by atoms with Gasteiger partial charge in [0.25, 0.3) is 5.91 Å². The smallest absolute Gasteiger partial charge is 0.322 e. The van der Waals surface area contributed by atoms with E-state index in [2.05, 4.69) is 10.3 Å². The zero-order valence-corrected chi connectivity index (χ0v) is 15.6. The highest BCUT2D eigenvalue weighted by Gasteiger charge is 2.30. The molecule has 3 rings (SSSR count). The van der Waals surface area contributed by atoms with E-state index >= 15 is 0 Å². The summed E-state index contributed by atoms with van der Waals surface area (Å²) in [6.45, 7) is 2.36. The van der Waals surface area contributed by atoms with Crippen LogP contribution in [0.5, 0.6) is 0 Å². The standard InChI is InChI=1S/C19H18F3N3OS/c1-12(18(26)23-14-9-7-13(8-10-14)19(20,21)22)25(2)11-17-24-15-5-3-4-6-16(15)27-17/h3-10,12H,11H2,1-2H3,(H,23,26)/p+1/t12-/m0/s1. The van der Waals surface area contributed by atoms with Crippen LogP contribution in [-0.4, -0.2) is 24.0 Å². The molecule has 1 aromatic heterocycles. The Balaban J connectivity index is 1.62. The maximum Gasteiger partial charge on any atom is 0.416 e. The fourth-order valence-electron chi connectivity index (χ4n) is 2.60. The average molecular weight is 394 g/mol. The van der Waals surface area contributed by atoms with Crippen molar-refractivity contribution in [2.75, 3.05) is 12.4 Å². The number of halogens is 3. The molecule has 0 saturated heterocycles. The molecule has 0 bridgehead atoms. The third-order valence-electron chi connectivity index (χ3n) is 4.38. The summed E-state index contributed by atoms with van der Waals surface area (Å²) in [5, 5.41) is 3.60. The van der Waals surface area contributed by atoms with Crippen molar-refractivity contribution in [2.45, 2.75) is 25.7 Å². The molecule has 0 aliphatic heterocycles. The van der Waals surface area contributed by atoms with Crippen LogP contribution in [0.4, 0.5) is 18.9 Å². The number of carbonyl (C=O) groups excluding carboxylic acids is 1. The van der Waals surface area contributed by atoms with Crippen LogP contribution in [0.15, 0.2) is 48.5 Å². The van der Waals surface area contributed by atoms with E-state index in [4.69, 9.17) is 0 Å². The first-order valence-corrected chi connectivity index (χ1v) is 9.20. The number of likely N-dealkylation sites (N-methyl/N-ethyl adjacent to an activating group) is 1. The average Bonchev–Trinajstić information content (AvgIpc) is 3.02. The number of nitrogens with one attached hydrogen (secondary N) is 2. The Bertz CT molecular complexity index is 904. The highest BCUT2D eigenvalue weighted by molar-refractivity contribution is 7.18. The van der Waals surface area contributed by atoms with Gasteiger partial charge < -0.3 is 10.2 Å². The van der Waals surface area contributed by atoms with E-state index in [-0.39, 0.29) is 11.9 Å². The first-order chi connectivity index (χ1) is 12.7. The summed E-state index contributed by atoms with van der Waals surface area (Å²) in [4.78, 5) is 17.9. The third-order valence-corrected chi connectivity index (χ3v) is 5.42. The minimum absolute atomic E-state index is 0.256. The lowest BCUT2D eigenvalue weighted by molar-refractivity contribution is -0.907. The summed E-state index contributed by atoms with van der Waals surface area (Å²) in [6, 6.07) is 11.9. The molecule has 0 radical (unpaired) electrons. The van der Waals surface area contributed by atoms with Crippen LogP contribution >= 0.6 is 11.3 Å². The lowest BCUT2D eigenvalue weighted by Crippen LogP contribution is -3.12. The van der Waals surface area contributed by atoms with Crippen molar-refractivity contribution < 1.29 is 22.9 Å². The highest BCUT2D eigenvalue weighted by atomic mass is 32.1. The summed E-state index contributed by atoms with van der Waals surface area (Å²) in [5.41, 5.74) is 0.534. The molecule has 142 valence electrons. The highest BCUT2D eigenvalue weighted by Crippen LogP contribution is 2.29. The van der Waals surface area contributed by atoms with E-state index in [9.17, 15) is 18.0 Å². The predicted octanol–water partition coefficient (Wildman–Crippen LogP) is 3.36. The van der Waals surface area contributed by atoms with E-state index in [1.54, 1.807) is 18.3 Å². The number of anilines is 1. The monoisotopic (exact) mass is 394 g/mol. The van der Waals surface area contributed by atoms with Crippen molar-refractivity contribution in [3.05, 3.63) is 59.1 Å². The Morgan fingerprint density at radius 3 is 2.48 bits per heavy atom. The van der Waals surface area contributed by atoms with Gasteiger partial charge in [-0.1, -0.05) is 12.1 Å². The topological polar surface area (TPSA) is 46.4 Å². The lowest BCUT2D eigenvalue weighted by atomic mass is 10.2. The second-order valence-electron chi connectivity index (χ2n) is 6.38. The van der Waals surface area contributed by atoms with Crippen LogP contribution < -0.4 is 10.2 Å². The van der Waals surface area contributed by atoms with Gasteiger partial charge in [0, 0.05) is 5.69 Å². The first kappa shape index (κ1) is 19.3. The van der Waals surface area contributed by atoms with E-state index in [0.717, 1.165) is 32.3 Å². The maximum atomic E-state index is 12.6. The molecule has 4 nitrogen and oxygen atoms in total. The fourth-order valence-corrected chi connectivity index (χ4v) is 3.67. The molecule has 0 saturated carbocycles. The molecule has 2 N–H and O–H groups in total. The molecular weight excluding hydrogens is 375 g/mol. The fraction of sp³-hybridized carbons (Fsp3) is 0.263. The molecule has 0 spiro atoms. The quantitative estimate of drug-likeness (QED) is 0.697. The number of hydrogen-bond donors (Lipinski definition) is 2. The molecule has 2 aromatic carbocycles. The van der Waals surface area contributed by atoms with Crippen molar-refractivity contribution >= 4 is 33.1 Å². The number of thiazole rings is 1. The maximum absolute atomic E-state index is 12.6. The summed E-state index contributed by atoms with van der Waals surface area (Å²) in [6.07, 6.45) is -4.39. The summed E-state index contributed by atoms with van der Waals surface area (Å²) >= 11 is 1.59. The number of quaternary nitrogens is 1. The molecule has 0 aliphatic rings. The van der Waals surface area contributed by atoms with Gasteiger partial charge in [-0.3, -0.25) is 4.79 Å². The van der Waals surface area contributed by atoms with Crippen molar-refractivity contribution in [3.8, 4) is 0 Å². The van der Waals surface area contributed by atoms with Crippen molar-refractivity contribution in [2.24, 2.45) is 0 Å². The number of benzene rings is 2. The molecule has 0 aliphatic carbocycles. The normalized spacial score (nSPS) is 14.1. The van der Waals surface area contributed by atoms with Crippen LogP contribution in [0.3, 0.4) is 0 Å². The number of nitrogens with zero attached hydrogens (tertiary/aromatic N) is 1. The van der Waals surface area contributed by atoms with Gasteiger partial charge in [0.15, 0.2) is 6.04 Å². The first-order valence-electron chi connectivity index (χ1n) is 8.39. The van der Waals surface area contributed by atoms with Crippen molar-refractivity contribution in [3.63, 3.8) is 0 Å². The second-order valence-corrected chi connectivity index (χ2v) is 7.50. The van der Waals surface area contributed by atoms with Gasteiger partial charge in [0.2, 0.25) is 0 Å². The predicted molar refractivity (Wildman–Crippen MR) is 99.7 cm³/mol. The minimum Gasteiger partial charge on any atom is -0.322 e. The minimum atomic E-state index is -4.39. The van der Waals surface area contributed by atoms with Gasteiger partial charge in [-0.25, -0.2) is 4.98 Å². The molecule has 1 unspecified atom stereocenters. The van der Waals surface area contributed by atoms with Gasteiger partial charge in [-0.2, -0.15) is 13.2 Å². The van der Waals surface area contributed by atoms with Gasteiger partial charge in [0.05, 0.1) is 22.8 Å². The van der Waals surface area contributed by atoms with Crippen molar-refractivity contribution in [1.82, 2.24) is 4.98 Å². The number of para-hydroxylation sites is 1. The Morgan fingerprint density at radius 2 is 1.85 bits per heavy atom. The Morgan fingerprint density at radius 1 is 1.19 bits per heavy atom. The largest absolute Gasteiger partial charge is 0.416 e. The Kier molecular flexibility index (Phi) is 5.48. The van der Waals surface area contributed by atoms with Gasteiger partial charge in [-0.15, -0.1) is 11.3 Å². The molecule has 8 heteroatoms. The number of aromatic nitrogens is 1. The van der Waals surface area contributed by atoms with Gasteiger partial charge >= 0.3 is 6.18 Å². The molecule has 3 aromatic rings. The van der Waals surface area contributed by atoms with Crippen molar-refractivity contribution in [1.29, 1.82) is 0 Å². The third kappa shape index (κ3) is 4.64. The van der Waals surface area contributed by atoms with Crippen LogP contribution in [0, 0.1) is 0 Å². The lowest BCUT2D eigenvalue weighted by Gasteiger charge is -2.20. The van der Waals surface area contributed by atoms with E-state index in [1.165, 1.54) is 12.1 Å². The van der Waals surface area contributed by atoms with Crippen LogP contribution in [0.2, 0.25) is 0 Å². The zero-order valence-electron chi connectivity index (χ0n) is 14.8. The summed E-state index contributed by atoms with van der Waals surface area (Å²) in [5.74, 6) is -0.256. The van der Waals surface area contributed by atoms with E-state index in [0.29, 0.717) is 12.2 Å². The Labute approximate surface area is 158 Å². The summed E-state index contributed by atoms with van der Waals surface area (Å²) < 4.78 is 38.9.